The van der Waals surface area contributed by atoms with Crippen molar-refractivity contribution in [3.8, 4) is 0 Å². The first-order chi connectivity index (χ1) is 8.70. The van der Waals surface area contributed by atoms with Crippen LogP contribution in [0.5, 0.6) is 0 Å². The molecule has 0 aliphatic heterocycles. The van der Waals surface area contributed by atoms with E-state index in [4.69, 9.17) is 17.0 Å². The number of hydrogen-bond acceptors (Lipinski definition) is 3. The summed E-state index contributed by atoms with van der Waals surface area (Å²) in [5.74, 6) is 0.930. The molecule has 96 valence electrons. The average molecular weight is 328 g/mol. The minimum Gasteiger partial charge on any atom is -0.383 e. The Balaban J connectivity index is 2.18. The molecule has 0 aliphatic rings. The number of H-pyrrole nitrogens is 1. The molecule has 0 radical (unpaired) electrons. The molecule has 0 unspecified atom stereocenters. The average Bonchev–Trinajstić information content (AvgIpc) is 2.71. The minimum atomic E-state index is 0.626. The third kappa shape index (κ3) is 3.28. The highest BCUT2D eigenvalue weighted by Crippen LogP contribution is 2.13. The number of aromatic nitrogens is 3. The molecule has 1 aromatic heterocycles. The molecular weight excluding hydrogens is 314 g/mol. The van der Waals surface area contributed by atoms with Gasteiger partial charge in [-0.05, 0) is 29.9 Å². The fourth-order valence-electron chi connectivity index (χ4n) is 1.68. The molecule has 6 heteroatoms. The van der Waals surface area contributed by atoms with E-state index in [0.717, 1.165) is 23.3 Å². The van der Waals surface area contributed by atoms with Crippen LogP contribution >= 0.6 is 28.1 Å². The van der Waals surface area contributed by atoms with Crippen molar-refractivity contribution in [2.24, 2.45) is 0 Å². The fraction of sp³-hybridized carbons (Fsp3) is 0.333. The second-order valence-corrected chi connectivity index (χ2v) is 5.20. The lowest BCUT2D eigenvalue weighted by Crippen LogP contribution is -2.09. The van der Waals surface area contributed by atoms with Crippen LogP contribution in [0.3, 0.4) is 0 Å². The monoisotopic (exact) mass is 327 g/mol. The lowest BCUT2D eigenvalue weighted by molar-refractivity contribution is 0.186. The zero-order valence-electron chi connectivity index (χ0n) is 10.0. The first-order valence-electron chi connectivity index (χ1n) is 5.58. The Kier molecular flexibility index (Phi) is 4.68. The number of benzene rings is 1. The highest BCUT2D eigenvalue weighted by atomic mass is 79.9. The molecule has 0 saturated heterocycles. The number of rotatable bonds is 5. The summed E-state index contributed by atoms with van der Waals surface area (Å²) in [7, 11) is 1.68. The maximum atomic E-state index is 5.21. The van der Waals surface area contributed by atoms with Gasteiger partial charge in [-0.25, -0.2) is 0 Å². The van der Waals surface area contributed by atoms with Crippen molar-refractivity contribution in [1.82, 2.24) is 14.8 Å². The highest BCUT2D eigenvalue weighted by molar-refractivity contribution is 9.10. The molecule has 1 heterocycles. The quantitative estimate of drug-likeness (QED) is 0.858. The van der Waals surface area contributed by atoms with Crippen molar-refractivity contribution in [3.05, 3.63) is 44.9 Å². The van der Waals surface area contributed by atoms with Crippen molar-refractivity contribution < 1.29 is 4.74 Å². The van der Waals surface area contributed by atoms with Crippen molar-refractivity contribution in [1.29, 1.82) is 0 Å². The summed E-state index contributed by atoms with van der Waals surface area (Å²) in [5, 5.41) is 7.09. The van der Waals surface area contributed by atoms with Gasteiger partial charge in [-0.3, -0.25) is 5.10 Å². The van der Waals surface area contributed by atoms with Crippen LogP contribution in [0.2, 0.25) is 0 Å². The Labute approximate surface area is 119 Å². The zero-order chi connectivity index (χ0) is 13.0. The lowest BCUT2D eigenvalue weighted by Gasteiger charge is -2.06. The van der Waals surface area contributed by atoms with Gasteiger partial charge in [0, 0.05) is 24.5 Å². The Morgan fingerprint density at radius 1 is 1.39 bits per heavy atom. The predicted octanol–water partition coefficient (Wildman–Crippen LogP) is 2.94. The molecule has 18 heavy (non-hydrogen) atoms. The lowest BCUT2D eigenvalue weighted by atomic mass is 10.1. The Bertz CT molecular complexity index is 561. The maximum absolute atomic E-state index is 5.21. The van der Waals surface area contributed by atoms with Gasteiger partial charge in [0.25, 0.3) is 0 Å². The second-order valence-electron chi connectivity index (χ2n) is 3.89. The third-order valence-corrected chi connectivity index (χ3v) is 3.47. The van der Waals surface area contributed by atoms with Gasteiger partial charge in [0.2, 0.25) is 0 Å². The van der Waals surface area contributed by atoms with Crippen LogP contribution in [0.25, 0.3) is 0 Å². The van der Waals surface area contributed by atoms with Crippen molar-refractivity contribution >= 4 is 28.1 Å². The molecule has 0 fully saturated rings. The first kappa shape index (κ1) is 13.5. The molecule has 0 amide bonds. The van der Waals surface area contributed by atoms with Crippen molar-refractivity contribution in [2.45, 2.75) is 13.0 Å². The van der Waals surface area contributed by atoms with E-state index in [0.29, 0.717) is 11.4 Å². The number of nitrogens with zero attached hydrogens (tertiary/aromatic N) is 2. The van der Waals surface area contributed by atoms with Crippen LogP contribution in [0.4, 0.5) is 0 Å². The number of methoxy groups -OCH3 is 1. The van der Waals surface area contributed by atoms with Crippen molar-refractivity contribution in [3.63, 3.8) is 0 Å². The summed E-state index contributed by atoms with van der Waals surface area (Å²) < 4.78 is 8.76. The largest absolute Gasteiger partial charge is 0.383 e. The number of halogens is 1. The maximum Gasteiger partial charge on any atom is 0.195 e. The van der Waals surface area contributed by atoms with Gasteiger partial charge in [0.15, 0.2) is 4.77 Å². The van der Waals surface area contributed by atoms with Crippen LogP contribution in [0.15, 0.2) is 28.7 Å². The normalized spacial score (nSPS) is 10.8. The van der Waals surface area contributed by atoms with Crippen LogP contribution < -0.4 is 0 Å². The molecule has 0 atom stereocenters. The van der Waals surface area contributed by atoms with Gasteiger partial charge in [-0.15, -0.1) is 0 Å². The summed E-state index contributed by atoms with van der Waals surface area (Å²) in [6.07, 6.45) is 0.754. The number of nitrogens with one attached hydrogen (secondary N) is 1. The van der Waals surface area contributed by atoms with Crippen LogP contribution in [0, 0.1) is 4.77 Å². The van der Waals surface area contributed by atoms with Crippen molar-refractivity contribution in [2.75, 3.05) is 13.7 Å². The minimum absolute atomic E-state index is 0.626. The second kappa shape index (κ2) is 6.26. The van der Waals surface area contributed by atoms with Gasteiger partial charge in [0.05, 0.1) is 6.61 Å². The number of ether oxygens (including phenoxy) is 1. The third-order valence-electron chi connectivity index (χ3n) is 2.63. The number of aromatic amines is 1. The van der Waals surface area contributed by atoms with Crippen LogP contribution in [-0.4, -0.2) is 28.5 Å². The Hall–Kier alpha value is -0.980. The standard InChI is InChI=1S/C12H14BrN3OS/c1-17-7-6-16-11(14-15-12(16)18)8-9-2-4-10(13)5-3-9/h2-5H,6-8H2,1H3,(H,15,18). The zero-order valence-corrected chi connectivity index (χ0v) is 12.4. The van der Waals surface area contributed by atoms with Gasteiger partial charge < -0.3 is 9.30 Å². The van der Waals surface area contributed by atoms with Gasteiger partial charge in [-0.1, -0.05) is 28.1 Å². The Morgan fingerprint density at radius 2 is 2.11 bits per heavy atom. The van der Waals surface area contributed by atoms with E-state index in [9.17, 15) is 0 Å². The number of hydrogen-bond donors (Lipinski definition) is 1. The summed E-state index contributed by atoms with van der Waals surface area (Å²) in [6, 6.07) is 8.19. The summed E-state index contributed by atoms with van der Waals surface area (Å²) in [4.78, 5) is 0. The Morgan fingerprint density at radius 3 is 2.78 bits per heavy atom. The topological polar surface area (TPSA) is 42.8 Å². The van der Waals surface area contributed by atoms with E-state index < -0.39 is 0 Å². The molecule has 0 bridgehead atoms. The molecular formula is C12H14BrN3OS. The highest BCUT2D eigenvalue weighted by Gasteiger charge is 2.06. The molecule has 1 N–H and O–H groups in total. The molecule has 0 spiro atoms. The van der Waals surface area contributed by atoms with E-state index in [-0.39, 0.29) is 0 Å². The SMILES string of the molecule is COCCn1c(Cc2ccc(Br)cc2)n[nH]c1=S. The van der Waals surface area contributed by atoms with Gasteiger partial charge in [0.1, 0.15) is 5.82 Å². The summed E-state index contributed by atoms with van der Waals surface area (Å²) in [6.45, 7) is 1.35. The van der Waals surface area contributed by atoms with E-state index in [1.54, 1.807) is 7.11 Å². The summed E-state index contributed by atoms with van der Waals surface area (Å²) in [5.41, 5.74) is 1.20. The molecule has 2 aromatic rings. The first-order valence-corrected chi connectivity index (χ1v) is 6.78. The van der Waals surface area contributed by atoms with Gasteiger partial charge >= 0.3 is 0 Å². The molecule has 0 aliphatic carbocycles. The predicted molar refractivity (Wildman–Crippen MR) is 76.2 cm³/mol. The smallest absolute Gasteiger partial charge is 0.195 e. The molecule has 2 rings (SSSR count). The fourth-order valence-corrected chi connectivity index (χ4v) is 2.19. The van der Waals surface area contributed by atoms with Crippen LogP contribution in [0.1, 0.15) is 11.4 Å². The molecule has 0 saturated carbocycles. The van der Waals surface area contributed by atoms with E-state index in [1.165, 1.54) is 5.56 Å². The van der Waals surface area contributed by atoms with E-state index in [2.05, 4.69) is 38.3 Å². The van der Waals surface area contributed by atoms with Gasteiger partial charge in [-0.2, -0.15) is 5.10 Å². The molecule has 1 aromatic carbocycles. The molecule has 4 nitrogen and oxygen atoms in total. The van der Waals surface area contributed by atoms with Crippen LogP contribution in [-0.2, 0) is 17.7 Å². The van der Waals surface area contributed by atoms with E-state index >= 15 is 0 Å². The van der Waals surface area contributed by atoms with E-state index in [1.807, 2.05) is 16.7 Å². The summed E-state index contributed by atoms with van der Waals surface area (Å²) >= 11 is 8.63.